The van der Waals surface area contributed by atoms with Crippen molar-refractivity contribution in [1.29, 1.82) is 0 Å². The number of rotatable bonds is 4. The normalized spacial score (nSPS) is 10.3. The Bertz CT molecular complexity index is 590. The first-order valence-corrected chi connectivity index (χ1v) is 7.58. The molecular weight excluding hydrogens is 393 g/mol. The lowest BCUT2D eigenvalue weighted by atomic mass is 10.2. The third-order valence-corrected chi connectivity index (χ3v) is 4.82. The highest BCUT2D eigenvalue weighted by molar-refractivity contribution is 9.13. The highest BCUT2D eigenvalue weighted by Crippen LogP contribution is 2.28. The van der Waals surface area contributed by atoms with Gasteiger partial charge >= 0.3 is 0 Å². The lowest BCUT2D eigenvalue weighted by Gasteiger charge is -2.10. The Morgan fingerprint density at radius 1 is 1.11 bits per heavy atom. The molecule has 0 spiro atoms. The monoisotopic (exact) mass is 403 g/mol. The van der Waals surface area contributed by atoms with E-state index in [0.717, 1.165) is 21.2 Å². The molecule has 0 fully saturated rings. The molecule has 0 saturated heterocycles. The minimum absolute atomic E-state index is 0.611. The van der Waals surface area contributed by atoms with Gasteiger partial charge in [0.25, 0.3) is 0 Å². The van der Waals surface area contributed by atoms with Crippen LogP contribution in [0.25, 0.3) is 0 Å². The molecule has 2 aromatic carbocycles. The van der Waals surface area contributed by atoms with Crippen LogP contribution in [0.2, 0.25) is 5.02 Å². The number of methoxy groups -OCH3 is 1. The second-order valence-electron chi connectivity index (χ2n) is 3.95. The van der Waals surface area contributed by atoms with Crippen LogP contribution in [0, 0.1) is 0 Å². The molecule has 100 valence electrons. The number of anilines is 1. The number of nitrogens with one attached hydrogen (secondary N) is 1. The van der Waals surface area contributed by atoms with Crippen LogP contribution in [0.3, 0.4) is 0 Å². The van der Waals surface area contributed by atoms with Crippen molar-refractivity contribution in [2.45, 2.75) is 6.54 Å². The molecule has 0 aliphatic heterocycles. The molecule has 0 bridgehead atoms. The Kier molecular flexibility index (Phi) is 5.13. The van der Waals surface area contributed by atoms with E-state index < -0.39 is 0 Å². The maximum atomic E-state index is 5.99. The molecule has 0 aromatic heterocycles. The lowest BCUT2D eigenvalue weighted by Crippen LogP contribution is -1.99. The van der Waals surface area contributed by atoms with E-state index in [1.807, 2.05) is 24.3 Å². The molecule has 2 nitrogen and oxygen atoms in total. The summed E-state index contributed by atoms with van der Waals surface area (Å²) in [5.74, 6) is 0.670. The smallest absolute Gasteiger partial charge is 0.139 e. The Morgan fingerprint density at radius 3 is 2.58 bits per heavy atom. The third-order valence-electron chi connectivity index (χ3n) is 2.63. The number of benzene rings is 2. The molecule has 5 heteroatoms. The van der Waals surface area contributed by atoms with Crippen LogP contribution in [0.5, 0.6) is 5.75 Å². The predicted octanol–water partition coefficient (Wildman–Crippen LogP) is 5.49. The Hall–Kier alpha value is -0.710. The Morgan fingerprint density at radius 2 is 1.89 bits per heavy atom. The summed E-state index contributed by atoms with van der Waals surface area (Å²) in [6.07, 6.45) is 0. The van der Waals surface area contributed by atoms with Gasteiger partial charge in [-0.2, -0.15) is 0 Å². The van der Waals surface area contributed by atoms with Crippen LogP contribution in [-0.4, -0.2) is 7.11 Å². The van der Waals surface area contributed by atoms with E-state index in [1.165, 1.54) is 5.56 Å². The summed E-state index contributed by atoms with van der Waals surface area (Å²) in [7, 11) is 1.61. The molecule has 2 aromatic rings. The average Bonchev–Trinajstić information content (AvgIpc) is 2.41. The summed E-state index contributed by atoms with van der Waals surface area (Å²) >= 11 is 12.9. The van der Waals surface area contributed by atoms with E-state index in [1.54, 1.807) is 7.11 Å². The zero-order valence-electron chi connectivity index (χ0n) is 10.2. The molecule has 1 N–H and O–H groups in total. The Labute approximate surface area is 134 Å². The van der Waals surface area contributed by atoms with Gasteiger partial charge in [-0.05, 0) is 61.7 Å². The fourth-order valence-corrected chi connectivity index (χ4v) is 2.49. The van der Waals surface area contributed by atoms with Crippen molar-refractivity contribution in [3.05, 3.63) is 55.9 Å². The fraction of sp³-hybridized carbons (Fsp3) is 0.143. The maximum absolute atomic E-state index is 5.99. The summed E-state index contributed by atoms with van der Waals surface area (Å²) in [6.45, 7) is 0.733. The molecule has 0 radical (unpaired) electrons. The van der Waals surface area contributed by atoms with Crippen LogP contribution in [0.1, 0.15) is 5.56 Å². The maximum Gasteiger partial charge on any atom is 0.139 e. The molecule has 0 aliphatic rings. The van der Waals surface area contributed by atoms with Gasteiger partial charge in [0.15, 0.2) is 0 Å². The lowest BCUT2D eigenvalue weighted by molar-refractivity contribution is 0.415. The first-order chi connectivity index (χ1) is 9.10. The first-order valence-electron chi connectivity index (χ1n) is 5.61. The number of halogens is 3. The topological polar surface area (TPSA) is 21.3 Å². The van der Waals surface area contributed by atoms with Gasteiger partial charge in [-0.15, -0.1) is 0 Å². The minimum atomic E-state index is 0.611. The molecule has 0 unspecified atom stereocenters. The molecule has 0 aliphatic carbocycles. The third kappa shape index (κ3) is 3.88. The van der Waals surface area contributed by atoms with E-state index in [4.69, 9.17) is 16.3 Å². The van der Waals surface area contributed by atoms with E-state index >= 15 is 0 Å². The van der Waals surface area contributed by atoms with Crippen molar-refractivity contribution < 1.29 is 4.74 Å². The molecule has 19 heavy (non-hydrogen) atoms. The fourth-order valence-electron chi connectivity index (χ4n) is 1.62. The number of hydrogen-bond acceptors (Lipinski definition) is 2. The first kappa shape index (κ1) is 14.7. The van der Waals surface area contributed by atoms with Gasteiger partial charge in [0.05, 0.1) is 12.1 Å². The molecule has 0 atom stereocenters. The van der Waals surface area contributed by atoms with E-state index in [9.17, 15) is 0 Å². The van der Waals surface area contributed by atoms with E-state index in [-0.39, 0.29) is 0 Å². The van der Waals surface area contributed by atoms with Crippen molar-refractivity contribution in [2.75, 3.05) is 12.4 Å². The number of hydrogen-bond donors (Lipinski definition) is 1. The zero-order chi connectivity index (χ0) is 13.8. The van der Waals surface area contributed by atoms with E-state index in [0.29, 0.717) is 10.8 Å². The molecule has 0 amide bonds. The Balaban J connectivity index is 2.07. The van der Waals surface area contributed by atoms with Crippen molar-refractivity contribution in [2.24, 2.45) is 0 Å². The van der Waals surface area contributed by atoms with Crippen LogP contribution in [-0.2, 0) is 6.54 Å². The molecule has 2 rings (SSSR count). The summed E-state index contributed by atoms with van der Waals surface area (Å²) in [5.41, 5.74) is 2.16. The zero-order valence-corrected chi connectivity index (χ0v) is 14.1. The van der Waals surface area contributed by atoms with Crippen LogP contribution in [0.15, 0.2) is 45.3 Å². The summed E-state index contributed by atoms with van der Waals surface area (Å²) in [5, 5.41) is 3.95. The van der Waals surface area contributed by atoms with E-state index in [2.05, 4.69) is 49.3 Å². The predicted molar refractivity (Wildman–Crippen MR) is 87.2 cm³/mol. The van der Waals surface area contributed by atoms with Gasteiger partial charge in [0.2, 0.25) is 0 Å². The largest absolute Gasteiger partial charge is 0.495 e. The van der Waals surface area contributed by atoms with Crippen molar-refractivity contribution in [3.8, 4) is 5.75 Å². The second kappa shape index (κ2) is 6.64. The van der Waals surface area contributed by atoms with Crippen molar-refractivity contribution >= 4 is 49.1 Å². The van der Waals surface area contributed by atoms with Gasteiger partial charge in [0, 0.05) is 27.2 Å². The molecular formula is C14H12Br2ClNO. The SMILES string of the molecule is COc1cc(NCc2ccc(Br)c(Br)c2)ccc1Cl. The van der Waals surface area contributed by atoms with Crippen LogP contribution in [0.4, 0.5) is 5.69 Å². The molecule has 0 heterocycles. The van der Waals surface area contributed by atoms with Crippen molar-refractivity contribution in [1.82, 2.24) is 0 Å². The van der Waals surface area contributed by atoms with Gasteiger partial charge in [-0.1, -0.05) is 17.7 Å². The molecule has 0 saturated carbocycles. The summed E-state index contributed by atoms with van der Waals surface area (Å²) in [6, 6.07) is 11.8. The highest BCUT2D eigenvalue weighted by Gasteiger charge is 2.03. The van der Waals surface area contributed by atoms with Gasteiger partial charge in [-0.3, -0.25) is 0 Å². The quantitative estimate of drug-likeness (QED) is 0.727. The highest BCUT2D eigenvalue weighted by atomic mass is 79.9. The summed E-state index contributed by atoms with van der Waals surface area (Å²) in [4.78, 5) is 0. The number of ether oxygens (including phenoxy) is 1. The van der Waals surface area contributed by atoms with Crippen LogP contribution >= 0.6 is 43.5 Å². The standard InChI is InChI=1S/C14H12Br2ClNO/c1-19-14-7-10(3-5-13(14)17)18-8-9-2-4-11(15)12(16)6-9/h2-7,18H,8H2,1H3. The van der Waals surface area contributed by atoms with Gasteiger partial charge in [-0.25, -0.2) is 0 Å². The minimum Gasteiger partial charge on any atom is -0.495 e. The average molecular weight is 406 g/mol. The van der Waals surface area contributed by atoms with Crippen molar-refractivity contribution in [3.63, 3.8) is 0 Å². The second-order valence-corrected chi connectivity index (χ2v) is 6.07. The van der Waals surface area contributed by atoms with Crippen LogP contribution < -0.4 is 10.1 Å². The van der Waals surface area contributed by atoms with Gasteiger partial charge in [0.1, 0.15) is 5.75 Å². The van der Waals surface area contributed by atoms with Gasteiger partial charge < -0.3 is 10.1 Å². The summed E-state index contributed by atoms with van der Waals surface area (Å²) < 4.78 is 7.27.